The van der Waals surface area contributed by atoms with Crippen molar-refractivity contribution in [3.05, 3.63) is 15.2 Å². The number of hydrogen-bond donors (Lipinski definition) is 0. The van der Waals surface area contributed by atoms with Gasteiger partial charge in [-0.25, -0.2) is 4.68 Å². The van der Waals surface area contributed by atoms with Gasteiger partial charge in [0.1, 0.15) is 12.1 Å². The van der Waals surface area contributed by atoms with Gasteiger partial charge in [0.05, 0.1) is 6.07 Å². The van der Waals surface area contributed by atoms with E-state index < -0.39 is 0 Å². The van der Waals surface area contributed by atoms with Crippen LogP contribution in [0.5, 0.6) is 0 Å². The Kier molecular flexibility index (Phi) is 1.60. The minimum Gasteiger partial charge on any atom is -0.255 e. The van der Waals surface area contributed by atoms with Gasteiger partial charge in [0.25, 0.3) is 0 Å². The maximum absolute atomic E-state index is 10.6. The summed E-state index contributed by atoms with van der Waals surface area (Å²) in [5.74, 6) is 0. The van der Waals surface area contributed by atoms with Crippen LogP contribution < -0.4 is 4.87 Å². The molecule has 0 saturated carbocycles. The Hall–Kier alpha value is -1.15. The van der Waals surface area contributed by atoms with Gasteiger partial charge < -0.3 is 0 Å². The first kappa shape index (κ1) is 5.98. The number of rotatable bonds is 1. The molecule has 1 aromatic heterocycles. The molecule has 0 bridgehead atoms. The van der Waals surface area contributed by atoms with Crippen molar-refractivity contribution in [1.82, 2.24) is 9.78 Å². The molecule has 0 aromatic carbocycles. The fraction of sp³-hybridized carbons (Fsp3) is 0.250. The Morgan fingerprint density at radius 3 is 3.22 bits per heavy atom. The molecular weight excluding hydrogens is 138 g/mol. The topological polar surface area (TPSA) is 58.7 Å². The van der Waals surface area contributed by atoms with Gasteiger partial charge in [-0.15, -0.1) is 0 Å². The average molecular weight is 141 g/mol. The molecule has 9 heavy (non-hydrogen) atoms. The van der Waals surface area contributed by atoms with Crippen LogP contribution in [0.15, 0.2) is 10.3 Å². The summed E-state index contributed by atoms with van der Waals surface area (Å²) >= 11 is 0.990. The summed E-state index contributed by atoms with van der Waals surface area (Å²) in [5.41, 5.74) is 1.42. The summed E-state index contributed by atoms with van der Waals surface area (Å²) in [4.78, 5) is 10.4. The van der Waals surface area contributed by atoms with Crippen LogP contribution in [0, 0.1) is 11.3 Å². The first-order valence-electron chi connectivity index (χ1n) is 2.22. The summed E-state index contributed by atoms with van der Waals surface area (Å²) in [6.07, 6.45) is 0. The van der Waals surface area contributed by atoms with E-state index in [0.29, 0.717) is 0 Å². The summed E-state index contributed by atoms with van der Waals surface area (Å²) in [6.45, 7) is 0.0440. The minimum absolute atomic E-state index is 0.0440. The van der Waals surface area contributed by atoms with Crippen molar-refractivity contribution in [1.29, 1.82) is 5.26 Å². The van der Waals surface area contributed by atoms with Gasteiger partial charge in [0, 0.05) is 0 Å². The van der Waals surface area contributed by atoms with E-state index in [1.807, 2.05) is 6.07 Å². The quantitative estimate of drug-likeness (QED) is 0.545. The molecule has 1 aromatic rings. The fourth-order valence-corrected chi connectivity index (χ4v) is 0.890. The zero-order valence-corrected chi connectivity index (χ0v) is 5.26. The van der Waals surface area contributed by atoms with Crippen LogP contribution in [0.25, 0.3) is 0 Å². The van der Waals surface area contributed by atoms with Gasteiger partial charge in [-0.3, -0.25) is 4.79 Å². The lowest BCUT2D eigenvalue weighted by Crippen LogP contribution is -2.13. The highest BCUT2D eigenvalue weighted by Crippen LogP contribution is 1.80. The largest absolute Gasteiger partial charge is 0.325 e. The highest BCUT2D eigenvalue weighted by molar-refractivity contribution is 7.06. The van der Waals surface area contributed by atoms with Crippen LogP contribution in [0.2, 0.25) is 0 Å². The van der Waals surface area contributed by atoms with Crippen molar-refractivity contribution in [3.8, 4) is 6.07 Å². The Labute approximate surface area is 55.0 Å². The van der Waals surface area contributed by atoms with E-state index in [-0.39, 0.29) is 11.4 Å². The van der Waals surface area contributed by atoms with E-state index in [4.69, 9.17) is 5.26 Å². The second-order valence-electron chi connectivity index (χ2n) is 1.32. The minimum atomic E-state index is -0.184. The SMILES string of the molecule is N#CCn1ncsc1=O. The van der Waals surface area contributed by atoms with Crippen LogP contribution >= 0.6 is 11.3 Å². The predicted molar refractivity (Wildman–Crippen MR) is 32.0 cm³/mol. The van der Waals surface area contributed by atoms with Gasteiger partial charge in [-0.05, 0) is 0 Å². The second kappa shape index (κ2) is 2.42. The second-order valence-corrected chi connectivity index (χ2v) is 2.12. The van der Waals surface area contributed by atoms with Gasteiger partial charge in [0.2, 0.25) is 0 Å². The normalized spacial score (nSPS) is 8.78. The molecule has 5 heteroatoms. The maximum atomic E-state index is 10.6. The number of nitriles is 1. The molecule has 0 amide bonds. The lowest BCUT2D eigenvalue weighted by Gasteiger charge is -1.83. The molecule has 0 saturated heterocycles. The molecule has 0 aliphatic heterocycles. The molecule has 0 aliphatic rings. The Morgan fingerprint density at radius 1 is 2.00 bits per heavy atom. The summed E-state index contributed by atoms with van der Waals surface area (Å²) < 4.78 is 1.12. The monoisotopic (exact) mass is 141 g/mol. The van der Waals surface area contributed by atoms with Crippen LogP contribution in [0.4, 0.5) is 0 Å². The van der Waals surface area contributed by atoms with Crippen molar-refractivity contribution < 1.29 is 0 Å². The van der Waals surface area contributed by atoms with Crippen LogP contribution in [-0.2, 0) is 6.54 Å². The smallest absolute Gasteiger partial charge is 0.255 e. The van der Waals surface area contributed by atoms with Gasteiger partial charge >= 0.3 is 4.87 Å². The molecular formula is C4H3N3OS. The van der Waals surface area contributed by atoms with Gasteiger partial charge in [0.15, 0.2) is 0 Å². The van der Waals surface area contributed by atoms with Crippen molar-refractivity contribution in [2.24, 2.45) is 0 Å². The fourth-order valence-electron chi connectivity index (χ4n) is 0.406. The standard InChI is InChI=1S/C4H3N3OS/c5-1-2-7-4(8)9-3-6-7/h3H,2H2. The molecule has 1 heterocycles. The summed E-state index contributed by atoms with van der Waals surface area (Å²) in [5, 5.41) is 11.7. The third kappa shape index (κ3) is 1.15. The summed E-state index contributed by atoms with van der Waals surface area (Å²) in [6, 6.07) is 1.82. The molecule has 0 N–H and O–H groups in total. The average Bonchev–Trinajstić information content (AvgIpc) is 2.18. The Balaban J connectivity index is 2.98. The van der Waals surface area contributed by atoms with E-state index >= 15 is 0 Å². The van der Waals surface area contributed by atoms with Crippen molar-refractivity contribution in [2.45, 2.75) is 6.54 Å². The Bertz CT molecular complexity index is 280. The lowest BCUT2D eigenvalue weighted by molar-refractivity contribution is 0.688. The molecule has 46 valence electrons. The maximum Gasteiger partial charge on any atom is 0.325 e. The number of nitrogens with zero attached hydrogens (tertiary/aromatic N) is 3. The molecule has 0 aliphatic carbocycles. The van der Waals surface area contributed by atoms with Crippen LogP contribution in [0.1, 0.15) is 0 Å². The molecule has 1 rings (SSSR count). The first-order valence-corrected chi connectivity index (χ1v) is 3.10. The number of hydrogen-bond acceptors (Lipinski definition) is 4. The summed E-state index contributed by atoms with van der Waals surface area (Å²) in [7, 11) is 0. The van der Waals surface area contributed by atoms with Gasteiger partial charge in [-0.2, -0.15) is 10.4 Å². The van der Waals surface area contributed by atoms with Crippen LogP contribution in [0.3, 0.4) is 0 Å². The molecule has 0 unspecified atom stereocenters. The zero-order chi connectivity index (χ0) is 6.69. The molecule has 0 radical (unpaired) electrons. The zero-order valence-electron chi connectivity index (χ0n) is 4.44. The van der Waals surface area contributed by atoms with E-state index in [1.165, 1.54) is 5.51 Å². The van der Waals surface area contributed by atoms with Crippen molar-refractivity contribution in [3.63, 3.8) is 0 Å². The van der Waals surface area contributed by atoms with Crippen molar-refractivity contribution in [2.75, 3.05) is 0 Å². The molecule has 0 spiro atoms. The Morgan fingerprint density at radius 2 is 2.78 bits per heavy atom. The van der Waals surface area contributed by atoms with Gasteiger partial charge in [-0.1, -0.05) is 11.3 Å². The third-order valence-corrected chi connectivity index (χ3v) is 1.38. The number of aromatic nitrogens is 2. The van der Waals surface area contributed by atoms with Crippen molar-refractivity contribution >= 4 is 11.3 Å². The molecule has 4 nitrogen and oxygen atoms in total. The van der Waals surface area contributed by atoms with E-state index in [1.54, 1.807) is 0 Å². The highest BCUT2D eigenvalue weighted by atomic mass is 32.1. The van der Waals surface area contributed by atoms with E-state index in [2.05, 4.69) is 5.10 Å². The predicted octanol–water partition coefficient (Wildman–Crippen LogP) is -0.172. The highest BCUT2D eigenvalue weighted by Gasteiger charge is 1.93. The molecule has 0 atom stereocenters. The lowest BCUT2D eigenvalue weighted by atomic mass is 10.7. The first-order chi connectivity index (χ1) is 4.34. The van der Waals surface area contributed by atoms with Crippen LogP contribution in [-0.4, -0.2) is 9.78 Å². The third-order valence-electron chi connectivity index (χ3n) is 0.771. The van der Waals surface area contributed by atoms with E-state index in [0.717, 1.165) is 16.0 Å². The molecule has 0 fully saturated rings. The van der Waals surface area contributed by atoms with E-state index in [9.17, 15) is 4.79 Å².